The Kier molecular flexibility index (Phi) is 6.38. The van der Waals surface area contributed by atoms with Crippen LogP contribution in [0.25, 0.3) is 12.2 Å². The maximum absolute atomic E-state index is 4.69. The Morgan fingerprint density at radius 3 is 2.41 bits per heavy atom. The summed E-state index contributed by atoms with van der Waals surface area (Å²) in [5, 5.41) is 0. The SMILES string of the molecule is C=Cc1c(CCCN2CCCCC2)cnc(C(C)C)c1C=C. The van der Waals surface area contributed by atoms with Gasteiger partial charge in [-0.2, -0.15) is 0 Å². The summed E-state index contributed by atoms with van der Waals surface area (Å²) in [7, 11) is 0. The first-order valence-corrected chi connectivity index (χ1v) is 8.66. The van der Waals surface area contributed by atoms with E-state index in [9.17, 15) is 0 Å². The predicted molar refractivity (Wildman–Crippen MR) is 97.1 cm³/mol. The van der Waals surface area contributed by atoms with Gasteiger partial charge in [-0.25, -0.2) is 0 Å². The lowest BCUT2D eigenvalue weighted by Crippen LogP contribution is -2.30. The third kappa shape index (κ3) is 4.07. The van der Waals surface area contributed by atoms with Crippen LogP contribution in [0.2, 0.25) is 0 Å². The zero-order chi connectivity index (χ0) is 15.9. The normalized spacial score (nSPS) is 16.0. The molecule has 0 atom stereocenters. The van der Waals surface area contributed by atoms with Crippen molar-refractivity contribution in [3.63, 3.8) is 0 Å². The molecule has 1 aliphatic heterocycles. The summed E-state index contributed by atoms with van der Waals surface area (Å²) in [6.07, 6.45) is 12.4. The number of rotatable bonds is 7. The van der Waals surface area contributed by atoms with Gasteiger partial charge in [-0.05, 0) is 62.4 Å². The largest absolute Gasteiger partial charge is 0.303 e. The van der Waals surface area contributed by atoms with Gasteiger partial charge in [-0.3, -0.25) is 4.98 Å². The lowest BCUT2D eigenvalue weighted by Gasteiger charge is -2.26. The van der Waals surface area contributed by atoms with Crippen LogP contribution in [-0.4, -0.2) is 29.5 Å². The molecule has 0 bridgehead atoms. The molecular formula is C20H30N2. The zero-order valence-electron chi connectivity index (χ0n) is 14.3. The van der Waals surface area contributed by atoms with E-state index in [0.717, 1.165) is 12.1 Å². The standard InChI is InChI=1S/C20H30N2/c1-5-18-17(11-10-14-22-12-8-7-9-13-22)15-21-20(16(3)4)19(18)6-2/h5-6,15-16H,1-2,7-14H2,3-4H3. The second-order valence-electron chi connectivity index (χ2n) is 6.56. The van der Waals surface area contributed by atoms with E-state index in [-0.39, 0.29) is 0 Å². The molecule has 120 valence electrons. The minimum Gasteiger partial charge on any atom is -0.303 e. The summed E-state index contributed by atoms with van der Waals surface area (Å²) in [6.45, 7) is 16.1. The van der Waals surface area contributed by atoms with Gasteiger partial charge in [-0.1, -0.05) is 45.6 Å². The number of hydrogen-bond acceptors (Lipinski definition) is 2. The van der Waals surface area contributed by atoms with Crippen molar-refractivity contribution in [1.82, 2.24) is 9.88 Å². The van der Waals surface area contributed by atoms with Gasteiger partial charge in [0.15, 0.2) is 0 Å². The second kappa shape index (κ2) is 8.28. The van der Waals surface area contributed by atoms with Crippen molar-refractivity contribution in [2.75, 3.05) is 19.6 Å². The van der Waals surface area contributed by atoms with Gasteiger partial charge in [0.25, 0.3) is 0 Å². The number of hydrogen-bond donors (Lipinski definition) is 0. The Morgan fingerprint density at radius 1 is 1.14 bits per heavy atom. The van der Waals surface area contributed by atoms with Crippen LogP contribution in [0.3, 0.4) is 0 Å². The van der Waals surface area contributed by atoms with Crippen LogP contribution in [-0.2, 0) is 6.42 Å². The van der Waals surface area contributed by atoms with Crippen molar-refractivity contribution in [2.24, 2.45) is 0 Å². The molecule has 0 spiro atoms. The molecule has 2 rings (SSSR count). The van der Waals surface area contributed by atoms with E-state index in [2.05, 4.69) is 38.1 Å². The van der Waals surface area contributed by atoms with E-state index in [1.165, 1.54) is 62.0 Å². The Labute approximate surface area is 135 Å². The summed E-state index contributed by atoms with van der Waals surface area (Å²) in [5.41, 5.74) is 4.84. The van der Waals surface area contributed by atoms with E-state index in [4.69, 9.17) is 4.98 Å². The van der Waals surface area contributed by atoms with Crippen LogP contribution in [0.4, 0.5) is 0 Å². The lowest BCUT2D eigenvalue weighted by molar-refractivity contribution is 0.226. The van der Waals surface area contributed by atoms with Crippen molar-refractivity contribution in [1.29, 1.82) is 0 Å². The first-order valence-electron chi connectivity index (χ1n) is 8.66. The molecule has 2 heterocycles. The molecule has 0 aliphatic carbocycles. The molecule has 0 saturated carbocycles. The van der Waals surface area contributed by atoms with E-state index in [1.54, 1.807) is 0 Å². The molecule has 0 aromatic carbocycles. The molecule has 2 heteroatoms. The average molecular weight is 298 g/mol. The van der Waals surface area contributed by atoms with Crippen LogP contribution in [0.5, 0.6) is 0 Å². The van der Waals surface area contributed by atoms with Crippen LogP contribution in [0.1, 0.15) is 67.8 Å². The maximum Gasteiger partial charge on any atom is 0.0507 e. The third-order valence-corrected chi connectivity index (χ3v) is 4.60. The molecular weight excluding hydrogens is 268 g/mol. The highest BCUT2D eigenvalue weighted by atomic mass is 15.1. The van der Waals surface area contributed by atoms with Crippen molar-refractivity contribution in [3.8, 4) is 0 Å². The number of likely N-dealkylation sites (tertiary alicyclic amines) is 1. The Bertz CT molecular complexity index is 511. The average Bonchev–Trinajstić information content (AvgIpc) is 2.54. The van der Waals surface area contributed by atoms with Gasteiger partial charge >= 0.3 is 0 Å². The van der Waals surface area contributed by atoms with Gasteiger partial charge in [-0.15, -0.1) is 0 Å². The quantitative estimate of drug-likeness (QED) is 0.711. The molecule has 22 heavy (non-hydrogen) atoms. The fraction of sp³-hybridized carbons (Fsp3) is 0.550. The third-order valence-electron chi connectivity index (χ3n) is 4.60. The van der Waals surface area contributed by atoms with Crippen molar-refractivity contribution in [2.45, 2.75) is 51.9 Å². The van der Waals surface area contributed by atoms with Crippen LogP contribution in [0, 0.1) is 0 Å². The van der Waals surface area contributed by atoms with Gasteiger partial charge in [0, 0.05) is 11.8 Å². The summed E-state index contributed by atoms with van der Waals surface area (Å²) in [5.74, 6) is 0.411. The maximum atomic E-state index is 4.69. The van der Waals surface area contributed by atoms with Crippen LogP contribution in [0.15, 0.2) is 19.4 Å². The highest BCUT2D eigenvalue weighted by molar-refractivity contribution is 5.68. The van der Waals surface area contributed by atoms with E-state index in [0.29, 0.717) is 5.92 Å². The molecule has 1 aromatic heterocycles. The zero-order valence-corrected chi connectivity index (χ0v) is 14.3. The molecule has 0 amide bonds. The van der Waals surface area contributed by atoms with Gasteiger partial charge < -0.3 is 4.90 Å². The van der Waals surface area contributed by atoms with E-state index < -0.39 is 0 Å². The van der Waals surface area contributed by atoms with Crippen LogP contribution >= 0.6 is 0 Å². The van der Waals surface area contributed by atoms with Crippen LogP contribution < -0.4 is 0 Å². The summed E-state index contributed by atoms with van der Waals surface area (Å²) in [6, 6.07) is 0. The molecule has 1 aliphatic rings. The molecule has 0 radical (unpaired) electrons. The van der Waals surface area contributed by atoms with Gasteiger partial charge in [0.2, 0.25) is 0 Å². The fourth-order valence-corrected chi connectivity index (χ4v) is 3.39. The highest BCUT2D eigenvalue weighted by Gasteiger charge is 2.14. The fourth-order valence-electron chi connectivity index (χ4n) is 3.39. The topological polar surface area (TPSA) is 16.1 Å². The Balaban J connectivity index is 2.06. The summed E-state index contributed by atoms with van der Waals surface area (Å²) < 4.78 is 0. The number of aryl methyl sites for hydroxylation is 1. The highest BCUT2D eigenvalue weighted by Crippen LogP contribution is 2.26. The van der Waals surface area contributed by atoms with Crippen molar-refractivity contribution in [3.05, 3.63) is 41.7 Å². The smallest absolute Gasteiger partial charge is 0.0507 e. The lowest BCUT2D eigenvalue weighted by atomic mass is 9.94. The first kappa shape index (κ1) is 17.0. The number of aromatic nitrogens is 1. The summed E-state index contributed by atoms with van der Waals surface area (Å²) in [4.78, 5) is 7.29. The molecule has 1 aromatic rings. The first-order chi connectivity index (χ1) is 10.7. The number of nitrogens with zero attached hydrogens (tertiary/aromatic N) is 2. The van der Waals surface area contributed by atoms with Crippen molar-refractivity contribution >= 4 is 12.2 Å². The minimum absolute atomic E-state index is 0.411. The minimum atomic E-state index is 0.411. The molecule has 1 fully saturated rings. The van der Waals surface area contributed by atoms with E-state index >= 15 is 0 Å². The van der Waals surface area contributed by atoms with Crippen molar-refractivity contribution < 1.29 is 0 Å². The van der Waals surface area contributed by atoms with Gasteiger partial charge in [0.05, 0.1) is 5.69 Å². The monoisotopic (exact) mass is 298 g/mol. The van der Waals surface area contributed by atoms with E-state index in [1.807, 2.05) is 12.2 Å². The Hall–Kier alpha value is -1.41. The Morgan fingerprint density at radius 2 is 1.82 bits per heavy atom. The molecule has 1 saturated heterocycles. The van der Waals surface area contributed by atoms with Gasteiger partial charge in [0.1, 0.15) is 0 Å². The molecule has 0 unspecified atom stereocenters. The summed E-state index contributed by atoms with van der Waals surface area (Å²) >= 11 is 0. The molecule has 0 N–H and O–H groups in total. The molecule has 2 nitrogen and oxygen atoms in total. The predicted octanol–water partition coefficient (Wildman–Crippen LogP) is 4.91. The number of piperidine rings is 1. The second-order valence-corrected chi connectivity index (χ2v) is 6.56. The number of pyridine rings is 1.